The van der Waals surface area contributed by atoms with Crippen LogP contribution < -0.4 is 0 Å². The molecule has 0 unspecified atom stereocenters. The molecule has 3 rings (SSSR count). The second-order valence-corrected chi connectivity index (χ2v) is 11.2. The molecule has 3 aliphatic carbocycles. The lowest BCUT2D eigenvalue weighted by atomic mass is 9.58. The van der Waals surface area contributed by atoms with Crippen molar-refractivity contribution in [1.82, 2.24) is 0 Å². The Morgan fingerprint density at radius 2 is 1.17 bits per heavy atom. The van der Waals surface area contributed by atoms with Crippen molar-refractivity contribution in [3.8, 4) is 6.07 Å². The van der Waals surface area contributed by atoms with Gasteiger partial charge >= 0.3 is 0 Å². The standard InChI is InChI=1S/C28H49N/c1-3-5-7-9-24-18-20-28(22-29,21-19-24)27-16-14-26(15-17-27)25-12-10-23(11-13-25)8-6-4-2/h23-27H,3-21H2,1-2H3. The van der Waals surface area contributed by atoms with Crippen LogP contribution in [0.2, 0.25) is 0 Å². The van der Waals surface area contributed by atoms with Crippen molar-refractivity contribution in [3.63, 3.8) is 0 Å². The van der Waals surface area contributed by atoms with Crippen molar-refractivity contribution in [1.29, 1.82) is 5.26 Å². The molecule has 0 radical (unpaired) electrons. The van der Waals surface area contributed by atoms with Crippen LogP contribution in [0, 0.1) is 46.3 Å². The van der Waals surface area contributed by atoms with E-state index in [1.807, 2.05) is 0 Å². The quantitative estimate of drug-likeness (QED) is 0.355. The molecule has 1 nitrogen and oxygen atoms in total. The van der Waals surface area contributed by atoms with Gasteiger partial charge in [0, 0.05) is 0 Å². The van der Waals surface area contributed by atoms with Gasteiger partial charge in [-0.05, 0) is 93.8 Å². The summed E-state index contributed by atoms with van der Waals surface area (Å²) in [5.41, 5.74) is 0.0457. The average Bonchev–Trinajstić information content (AvgIpc) is 2.79. The van der Waals surface area contributed by atoms with Gasteiger partial charge in [0.25, 0.3) is 0 Å². The number of hydrogen-bond donors (Lipinski definition) is 0. The van der Waals surface area contributed by atoms with Crippen molar-refractivity contribution in [2.75, 3.05) is 0 Å². The zero-order chi connectivity index (χ0) is 20.5. The summed E-state index contributed by atoms with van der Waals surface area (Å²) >= 11 is 0. The maximum Gasteiger partial charge on any atom is 0.0692 e. The molecule has 0 atom stereocenters. The Balaban J connectivity index is 1.41. The molecule has 166 valence electrons. The monoisotopic (exact) mass is 399 g/mol. The van der Waals surface area contributed by atoms with Crippen molar-refractivity contribution in [2.45, 2.75) is 136 Å². The van der Waals surface area contributed by atoms with Gasteiger partial charge in [-0.15, -0.1) is 0 Å². The highest BCUT2D eigenvalue weighted by Crippen LogP contribution is 2.52. The molecule has 29 heavy (non-hydrogen) atoms. The van der Waals surface area contributed by atoms with Crippen LogP contribution in [0.15, 0.2) is 0 Å². The highest BCUT2D eigenvalue weighted by Gasteiger charge is 2.44. The maximum absolute atomic E-state index is 10.2. The lowest BCUT2D eigenvalue weighted by Gasteiger charge is -2.45. The van der Waals surface area contributed by atoms with Gasteiger partial charge in [0.1, 0.15) is 0 Å². The highest BCUT2D eigenvalue weighted by atomic mass is 14.5. The fourth-order valence-corrected chi connectivity index (χ4v) is 7.36. The van der Waals surface area contributed by atoms with E-state index < -0.39 is 0 Å². The number of hydrogen-bond acceptors (Lipinski definition) is 1. The summed E-state index contributed by atoms with van der Waals surface area (Å²) in [6, 6.07) is 2.89. The van der Waals surface area contributed by atoms with Crippen LogP contribution in [0.1, 0.15) is 136 Å². The Hall–Kier alpha value is -0.510. The largest absolute Gasteiger partial charge is 0.198 e. The molecule has 3 saturated carbocycles. The predicted molar refractivity (Wildman–Crippen MR) is 125 cm³/mol. The Morgan fingerprint density at radius 1 is 0.655 bits per heavy atom. The molecular weight excluding hydrogens is 350 g/mol. The molecule has 0 bridgehead atoms. The van der Waals surface area contributed by atoms with Gasteiger partial charge < -0.3 is 0 Å². The highest BCUT2D eigenvalue weighted by molar-refractivity contribution is 5.06. The molecule has 0 spiro atoms. The van der Waals surface area contributed by atoms with Gasteiger partial charge in [-0.25, -0.2) is 0 Å². The molecule has 0 heterocycles. The van der Waals surface area contributed by atoms with Crippen LogP contribution in [0.25, 0.3) is 0 Å². The SMILES string of the molecule is CCCCCC1CCC(C#N)(C2CCC(C3CCC(CCCC)CC3)CC2)CC1. The summed E-state index contributed by atoms with van der Waals surface area (Å²) in [5, 5.41) is 10.2. The van der Waals surface area contributed by atoms with Crippen LogP contribution in [-0.2, 0) is 0 Å². The molecule has 0 saturated heterocycles. The first kappa shape index (κ1) is 23.2. The van der Waals surface area contributed by atoms with Gasteiger partial charge in [0.05, 0.1) is 11.5 Å². The molecule has 1 heteroatoms. The van der Waals surface area contributed by atoms with Crippen molar-refractivity contribution >= 4 is 0 Å². The van der Waals surface area contributed by atoms with Crippen LogP contribution >= 0.6 is 0 Å². The Bertz CT molecular complexity index is 479. The zero-order valence-corrected chi connectivity index (χ0v) is 19.8. The predicted octanol–water partition coefficient (Wildman–Crippen LogP) is 9.07. The summed E-state index contributed by atoms with van der Waals surface area (Å²) < 4.78 is 0. The third-order valence-electron chi connectivity index (χ3n) is 9.51. The van der Waals surface area contributed by atoms with Crippen molar-refractivity contribution < 1.29 is 0 Å². The van der Waals surface area contributed by atoms with Gasteiger partial charge in [-0.1, -0.05) is 71.6 Å². The van der Waals surface area contributed by atoms with E-state index in [-0.39, 0.29) is 5.41 Å². The third kappa shape index (κ3) is 6.24. The number of nitriles is 1. The molecular formula is C28H49N. The van der Waals surface area contributed by atoms with Gasteiger partial charge in [0.15, 0.2) is 0 Å². The first-order chi connectivity index (χ1) is 14.2. The Labute approximate surface area is 182 Å². The van der Waals surface area contributed by atoms with E-state index in [2.05, 4.69) is 19.9 Å². The van der Waals surface area contributed by atoms with Gasteiger partial charge in [0.2, 0.25) is 0 Å². The van der Waals surface area contributed by atoms with Crippen LogP contribution in [0.3, 0.4) is 0 Å². The zero-order valence-electron chi connectivity index (χ0n) is 19.8. The fraction of sp³-hybridized carbons (Fsp3) is 0.964. The molecule has 0 aromatic carbocycles. The summed E-state index contributed by atoms with van der Waals surface area (Å²) in [5.74, 6) is 4.67. The van der Waals surface area contributed by atoms with Gasteiger partial charge in [-0.3, -0.25) is 0 Å². The average molecular weight is 400 g/mol. The molecule has 3 aliphatic rings. The molecule has 0 aliphatic heterocycles. The van der Waals surface area contributed by atoms with E-state index >= 15 is 0 Å². The molecule has 3 fully saturated rings. The number of nitrogens with zero attached hydrogens (tertiary/aromatic N) is 1. The second-order valence-electron chi connectivity index (χ2n) is 11.2. The third-order valence-corrected chi connectivity index (χ3v) is 9.51. The Kier molecular flexibility index (Phi) is 9.40. The summed E-state index contributed by atoms with van der Waals surface area (Å²) in [6.45, 7) is 4.63. The number of unbranched alkanes of at least 4 members (excludes halogenated alkanes) is 3. The molecule has 0 amide bonds. The fourth-order valence-electron chi connectivity index (χ4n) is 7.36. The smallest absolute Gasteiger partial charge is 0.0692 e. The lowest BCUT2D eigenvalue weighted by molar-refractivity contribution is 0.0646. The molecule has 0 N–H and O–H groups in total. The maximum atomic E-state index is 10.2. The summed E-state index contributed by atoms with van der Waals surface area (Å²) in [7, 11) is 0. The molecule has 0 aromatic heterocycles. The van der Waals surface area contributed by atoms with E-state index in [0.717, 1.165) is 23.7 Å². The first-order valence-electron chi connectivity index (χ1n) is 13.6. The second kappa shape index (κ2) is 11.8. The van der Waals surface area contributed by atoms with E-state index in [0.29, 0.717) is 5.92 Å². The van der Waals surface area contributed by atoms with E-state index in [1.165, 1.54) is 122 Å². The minimum Gasteiger partial charge on any atom is -0.198 e. The van der Waals surface area contributed by atoms with E-state index in [4.69, 9.17) is 0 Å². The number of rotatable bonds is 9. The topological polar surface area (TPSA) is 23.8 Å². The van der Waals surface area contributed by atoms with Crippen molar-refractivity contribution in [2.24, 2.45) is 35.0 Å². The summed E-state index contributed by atoms with van der Waals surface area (Å²) in [6.07, 6.45) is 26.5. The Morgan fingerprint density at radius 3 is 1.72 bits per heavy atom. The molecule has 0 aromatic rings. The van der Waals surface area contributed by atoms with E-state index in [9.17, 15) is 5.26 Å². The normalized spacial score (nSPS) is 38.4. The minimum atomic E-state index is 0.0457. The van der Waals surface area contributed by atoms with E-state index in [1.54, 1.807) is 0 Å². The van der Waals surface area contributed by atoms with Crippen LogP contribution in [-0.4, -0.2) is 0 Å². The van der Waals surface area contributed by atoms with Crippen LogP contribution in [0.4, 0.5) is 0 Å². The first-order valence-corrected chi connectivity index (χ1v) is 13.6. The summed E-state index contributed by atoms with van der Waals surface area (Å²) in [4.78, 5) is 0. The lowest BCUT2D eigenvalue weighted by Crippen LogP contribution is -2.37. The minimum absolute atomic E-state index is 0.0457. The van der Waals surface area contributed by atoms with Crippen molar-refractivity contribution in [3.05, 3.63) is 0 Å². The van der Waals surface area contributed by atoms with Crippen LogP contribution in [0.5, 0.6) is 0 Å². The van der Waals surface area contributed by atoms with Gasteiger partial charge in [-0.2, -0.15) is 5.26 Å².